The molecule has 2 aromatic carbocycles. The number of amides is 3. The van der Waals surface area contributed by atoms with Crippen molar-refractivity contribution >= 4 is 23.3 Å². The molecule has 3 amide bonds. The Bertz CT molecular complexity index is 917. The molecule has 4 N–H and O–H groups in total. The van der Waals surface area contributed by atoms with E-state index in [4.69, 9.17) is 5.73 Å². The van der Waals surface area contributed by atoms with E-state index in [0.717, 1.165) is 53.7 Å². The van der Waals surface area contributed by atoms with Gasteiger partial charge in [0.1, 0.15) is 0 Å². The third kappa shape index (κ3) is 4.12. The van der Waals surface area contributed by atoms with E-state index in [2.05, 4.69) is 10.6 Å². The van der Waals surface area contributed by atoms with Crippen LogP contribution < -0.4 is 16.4 Å². The van der Waals surface area contributed by atoms with Gasteiger partial charge in [-0.2, -0.15) is 0 Å². The summed E-state index contributed by atoms with van der Waals surface area (Å²) in [7, 11) is 0. The van der Waals surface area contributed by atoms with Gasteiger partial charge in [0.25, 0.3) is 0 Å². The molecule has 0 spiro atoms. The molecule has 1 aliphatic carbocycles. The van der Waals surface area contributed by atoms with Gasteiger partial charge in [0.2, 0.25) is 5.91 Å². The van der Waals surface area contributed by atoms with E-state index in [1.165, 1.54) is 0 Å². The lowest BCUT2D eigenvalue weighted by Crippen LogP contribution is -2.54. The first-order valence-corrected chi connectivity index (χ1v) is 10.3. The number of aryl methyl sites for hydroxylation is 1. The Morgan fingerprint density at radius 1 is 1.03 bits per heavy atom. The summed E-state index contributed by atoms with van der Waals surface area (Å²) in [6.07, 6.45) is 4.30. The van der Waals surface area contributed by atoms with E-state index >= 15 is 0 Å². The lowest BCUT2D eigenvalue weighted by atomic mass is 9.93. The number of carbonyl (C=O) groups is 2. The molecule has 6 nitrogen and oxygen atoms in total. The smallest absolute Gasteiger partial charge is 0.323 e. The minimum absolute atomic E-state index is 0.0659. The maximum atomic E-state index is 12.9. The molecule has 29 heavy (non-hydrogen) atoms. The Morgan fingerprint density at radius 2 is 1.76 bits per heavy atom. The monoisotopic (exact) mass is 392 g/mol. The lowest BCUT2D eigenvalue weighted by molar-refractivity contribution is -0.137. The van der Waals surface area contributed by atoms with Crippen LogP contribution in [0.25, 0.3) is 0 Å². The zero-order valence-corrected chi connectivity index (χ0v) is 16.8. The highest BCUT2D eigenvalue weighted by atomic mass is 16.2. The Hall–Kier alpha value is -2.86. The van der Waals surface area contributed by atoms with E-state index in [9.17, 15) is 9.59 Å². The van der Waals surface area contributed by atoms with Crippen LogP contribution in [0.15, 0.2) is 42.5 Å². The predicted molar refractivity (Wildman–Crippen MR) is 115 cm³/mol. The molecule has 152 valence electrons. The summed E-state index contributed by atoms with van der Waals surface area (Å²) < 4.78 is 0. The average molecular weight is 393 g/mol. The van der Waals surface area contributed by atoms with Gasteiger partial charge in [0.05, 0.1) is 5.54 Å². The van der Waals surface area contributed by atoms with Gasteiger partial charge >= 0.3 is 6.03 Å². The summed E-state index contributed by atoms with van der Waals surface area (Å²) in [5, 5.41) is 5.82. The van der Waals surface area contributed by atoms with Gasteiger partial charge in [-0.25, -0.2) is 4.79 Å². The second-order valence-corrected chi connectivity index (χ2v) is 8.23. The second-order valence-electron chi connectivity index (χ2n) is 8.23. The number of nitrogens with two attached hydrogens (primary N) is 1. The van der Waals surface area contributed by atoms with Crippen LogP contribution in [-0.4, -0.2) is 28.9 Å². The molecule has 2 aromatic rings. The number of urea groups is 1. The van der Waals surface area contributed by atoms with Crippen LogP contribution in [0.1, 0.15) is 42.4 Å². The maximum Gasteiger partial charge on any atom is 0.323 e. The number of benzene rings is 2. The van der Waals surface area contributed by atoms with Crippen molar-refractivity contribution in [3.8, 4) is 0 Å². The third-order valence-electron chi connectivity index (χ3n) is 6.03. The van der Waals surface area contributed by atoms with Gasteiger partial charge in [0, 0.05) is 24.5 Å². The molecule has 6 heteroatoms. The number of nitrogens with zero attached hydrogens (tertiary/aromatic N) is 1. The molecule has 0 saturated heterocycles. The summed E-state index contributed by atoms with van der Waals surface area (Å²) in [6, 6.07) is 13.3. The topological polar surface area (TPSA) is 87.5 Å². The largest absolute Gasteiger partial charge is 0.336 e. The number of hydrogen-bond donors (Lipinski definition) is 3. The molecule has 0 aromatic heterocycles. The fraction of sp³-hybridized carbons (Fsp3) is 0.391. The Labute approximate surface area is 171 Å². The molecule has 1 aliphatic heterocycles. The summed E-state index contributed by atoms with van der Waals surface area (Å²) in [4.78, 5) is 27.3. The highest BCUT2D eigenvalue weighted by Crippen LogP contribution is 2.32. The predicted octanol–water partition coefficient (Wildman–Crippen LogP) is 3.80. The summed E-state index contributed by atoms with van der Waals surface area (Å²) in [6.45, 7) is 3.18. The van der Waals surface area contributed by atoms with Crippen molar-refractivity contribution in [2.45, 2.75) is 51.1 Å². The average Bonchev–Trinajstić information content (AvgIpc) is 3.17. The SMILES string of the molecule is Cc1ccc(NC(=O)Nc2cccc3c2CCN(C(=O)C2(N)CCCC2)C3)cc1. The Morgan fingerprint density at radius 3 is 2.48 bits per heavy atom. The van der Waals surface area contributed by atoms with Crippen molar-refractivity contribution in [1.82, 2.24) is 4.90 Å². The Kier molecular flexibility index (Phi) is 5.28. The molecular formula is C23H28N4O2. The maximum absolute atomic E-state index is 12.9. The summed E-state index contributed by atoms with van der Waals surface area (Å²) >= 11 is 0. The van der Waals surface area contributed by atoms with Crippen LogP contribution in [0.3, 0.4) is 0 Å². The van der Waals surface area contributed by atoms with Gasteiger partial charge in [-0.3, -0.25) is 4.79 Å². The number of hydrogen-bond acceptors (Lipinski definition) is 3. The molecule has 0 atom stereocenters. The van der Waals surface area contributed by atoms with Crippen LogP contribution in [-0.2, 0) is 17.8 Å². The molecule has 0 radical (unpaired) electrons. The lowest BCUT2D eigenvalue weighted by Gasteiger charge is -2.35. The molecular weight excluding hydrogens is 364 g/mol. The van der Waals surface area contributed by atoms with E-state index < -0.39 is 5.54 Å². The van der Waals surface area contributed by atoms with Crippen LogP contribution in [0.5, 0.6) is 0 Å². The van der Waals surface area contributed by atoms with Gasteiger partial charge in [-0.1, -0.05) is 42.7 Å². The van der Waals surface area contributed by atoms with Crippen molar-refractivity contribution in [3.05, 3.63) is 59.2 Å². The molecule has 1 fully saturated rings. The summed E-state index contributed by atoms with van der Waals surface area (Å²) in [5.74, 6) is 0.0659. The third-order valence-corrected chi connectivity index (χ3v) is 6.03. The minimum atomic E-state index is -0.693. The first-order valence-electron chi connectivity index (χ1n) is 10.3. The van der Waals surface area contributed by atoms with Crippen molar-refractivity contribution < 1.29 is 9.59 Å². The number of carbonyl (C=O) groups excluding carboxylic acids is 2. The van der Waals surface area contributed by atoms with E-state index in [0.29, 0.717) is 19.5 Å². The quantitative estimate of drug-likeness (QED) is 0.742. The number of anilines is 2. The van der Waals surface area contributed by atoms with E-state index in [1.54, 1.807) is 0 Å². The zero-order chi connectivity index (χ0) is 20.4. The molecule has 2 aliphatic rings. The van der Waals surface area contributed by atoms with Gasteiger partial charge in [-0.05, 0) is 55.5 Å². The van der Waals surface area contributed by atoms with Crippen LogP contribution in [0, 0.1) is 6.92 Å². The van der Waals surface area contributed by atoms with Gasteiger partial charge in [-0.15, -0.1) is 0 Å². The highest BCUT2D eigenvalue weighted by Gasteiger charge is 2.40. The van der Waals surface area contributed by atoms with E-state index in [1.807, 2.05) is 54.3 Å². The van der Waals surface area contributed by atoms with Crippen LogP contribution in [0.4, 0.5) is 16.2 Å². The minimum Gasteiger partial charge on any atom is -0.336 e. The number of fused-ring (bicyclic) bond motifs is 1. The molecule has 4 rings (SSSR count). The van der Waals surface area contributed by atoms with Crippen molar-refractivity contribution in [2.24, 2.45) is 5.73 Å². The number of rotatable bonds is 3. The standard InChI is InChI=1S/C23H28N4O2/c1-16-7-9-18(10-8-16)25-22(29)26-20-6-4-5-17-15-27(14-11-19(17)20)21(28)23(24)12-2-3-13-23/h4-10H,2-3,11-15,24H2,1H3,(H2,25,26,29). The zero-order valence-electron chi connectivity index (χ0n) is 16.8. The number of nitrogens with one attached hydrogen (secondary N) is 2. The first kappa shape index (κ1) is 19.5. The molecule has 0 unspecified atom stereocenters. The normalized spacial score (nSPS) is 17.5. The van der Waals surface area contributed by atoms with Crippen molar-refractivity contribution in [1.29, 1.82) is 0 Å². The van der Waals surface area contributed by atoms with Crippen LogP contribution in [0.2, 0.25) is 0 Å². The molecule has 1 saturated carbocycles. The fourth-order valence-corrected chi connectivity index (χ4v) is 4.36. The molecule has 1 heterocycles. The van der Waals surface area contributed by atoms with Crippen molar-refractivity contribution in [3.63, 3.8) is 0 Å². The highest BCUT2D eigenvalue weighted by molar-refractivity contribution is 6.00. The van der Waals surface area contributed by atoms with E-state index in [-0.39, 0.29) is 11.9 Å². The fourth-order valence-electron chi connectivity index (χ4n) is 4.36. The molecule has 0 bridgehead atoms. The van der Waals surface area contributed by atoms with Crippen molar-refractivity contribution in [2.75, 3.05) is 17.2 Å². The van der Waals surface area contributed by atoms with Gasteiger partial charge < -0.3 is 21.3 Å². The first-order chi connectivity index (χ1) is 13.9. The second kappa shape index (κ2) is 7.87. The van der Waals surface area contributed by atoms with Gasteiger partial charge in [0.15, 0.2) is 0 Å². The Balaban J connectivity index is 1.44. The van der Waals surface area contributed by atoms with Crippen LogP contribution >= 0.6 is 0 Å². The summed E-state index contributed by atoms with van der Waals surface area (Å²) in [5.41, 5.74) is 10.5.